The van der Waals surface area contributed by atoms with Crippen molar-refractivity contribution in [2.45, 2.75) is 33.1 Å². The molecule has 102 valence electrons. The quantitative estimate of drug-likeness (QED) is 0.575. The number of hydrogen-bond donors (Lipinski definition) is 0. The molecule has 0 unspecified atom stereocenters. The molecular weight excluding hydrogens is 246 g/mol. The first-order valence-electron chi connectivity index (χ1n) is 6.95. The Bertz CT molecular complexity index is 818. The SMILES string of the molecule is CC(=O)n1c2ccccc2c2cccc(C(C)(C)C)c21. The zero-order chi connectivity index (χ0) is 14.5. The van der Waals surface area contributed by atoms with E-state index in [2.05, 4.69) is 45.0 Å². The lowest BCUT2D eigenvalue weighted by atomic mass is 9.85. The molecular formula is C18H19NO. The summed E-state index contributed by atoms with van der Waals surface area (Å²) in [5.74, 6) is 0.0629. The molecule has 0 fully saturated rings. The number of para-hydroxylation sites is 2. The molecule has 0 amide bonds. The second-order valence-corrected chi connectivity index (χ2v) is 6.32. The van der Waals surface area contributed by atoms with E-state index in [1.54, 1.807) is 6.92 Å². The second-order valence-electron chi connectivity index (χ2n) is 6.32. The summed E-state index contributed by atoms with van der Waals surface area (Å²) in [7, 11) is 0. The van der Waals surface area contributed by atoms with Crippen LogP contribution in [-0.2, 0) is 5.41 Å². The van der Waals surface area contributed by atoms with E-state index in [9.17, 15) is 4.79 Å². The Morgan fingerprint density at radius 1 is 0.950 bits per heavy atom. The van der Waals surface area contributed by atoms with E-state index in [4.69, 9.17) is 0 Å². The van der Waals surface area contributed by atoms with E-state index in [0.29, 0.717) is 0 Å². The van der Waals surface area contributed by atoms with Gasteiger partial charge in [-0.2, -0.15) is 0 Å². The van der Waals surface area contributed by atoms with Gasteiger partial charge < -0.3 is 0 Å². The standard InChI is InChI=1S/C18H19NO/c1-12(20)19-16-11-6-5-8-13(16)14-9-7-10-15(17(14)19)18(2,3)4/h5-11H,1-4H3. The highest BCUT2D eigenvalue weighted by Crippen LogP contribution is 2.36. The molecule has 2 nitrogen and oxygen atoms in total. The maximum Gasteiger partial charge on any atom is 0.228 e. The molecule has 2 aromatic carbocycles. The second kappa shape index (κ2) is 4.20. The number of benzene rings is 2. The van der Waals surface area contributed by atoms with E-state index >= 15 is 0 Å². The van der Waals surface area contributed by atoms with Crippen molar-refractivity contribution in [1.29, 1.82) is 0 Å². The third-order valence-corrected chi connectivity index (χ3v) is 3.82. The molecule has 0 saturated carbocycles. The number of nitrogens with zero attached hydrogens (tertiary/aromatic N) is 1. The zero-order valence-electron chi connectivity index (χ0n) is 12.4. The van der Waals surface area contributed by atoms with Crippen LogP contribution in [0.3, 0.4) is 0 Å². The van der Waals surface area contributed by atoms with Crippen LogP contribution >= 0.6 is 0 Å². The smallest absolute Gasteiger partial charge is 0.228 e. The van der Waals surface area contributed by atoms with Crippen molar-refractivity contribution in [3.63, 3.8) is 0 Å². The molecule has 0 aliphatic carbocycles. The summed E-state index contributed by atoms with van der Waals surface area (Å²) in [6.45, 7) is 8.18. The average molecular weight is 265 g/mol. The van der Waals surface area contributed by atoms with Crippen molar-refractivity contribution in [2.24, 2.45) is 0 Å². The third kappa shape index (κ3) is 1.75. The van der Waals surface area contributed by atoms with Gasteiger partial charge in [0.25, 0.3) is 0 Å². The Hall–Kier alpha value is -2.09. The molecule has 0 atom stereocenters. The summed E-state index contributed by atoms with van der Waals surface area (Å²) >= 11 is 0. The Balaban J connectivity index is 2.61. The Kier molecular flexibility index (Phi) is 2.72. The van der Waals surface area contributed by atoms with Gasteiger partial charge in [0, 0.05) is 17.7 Å². The topological polar surface area (TPSA) is 22.0 Å². The molecule has 1 aromatic heterocycles. The molecule has 0 spiro atoms. The molecule has 3 rings (SSSR count). The van der Waals surface area contributed by atoms with Crippen LogP contribution < -0.4 is 0 Å². The number of carbonyl (C=O) groups is 1. The van der Waals surface area contributed by atoms with Gasteiger partial charge in [-0.05, 0) is 17.0 Å². The van der Waals surface area contributed by atoms with Crippen molar-refractivity contribution in [3.8, 4) is 0 Å². The van der Waals surface area contributed by atoms with Gasteiger partial charge in [0.2, 0.25) is 5.91 Å². The van der Waals surface area contributed by atoms with Crippen LogP contribution in [0.1, 0.15) is 38.1 Å². The molecule has 20 heavy (non-hydrogen) atoms. The Labute approximate surface area is 119 Å². The summed E-state index contributed by atoms with van der Waals surface area (Å²) in [6, 6.07) is 14.4. The minimum atomic E-state index is 0.00108. The van der Waals surface area contributed by atoms with Crippen molar-refractivity contribution in [1.82, 2.24) is 4.57 Å². The fourth-order valence-electron chi connectivity index (χ4n) is 2.95. The van der Waals surface area contributed by atoms with Crippen LogP contribution in [0.25, 0.3) is 21.8 Å². The van der Waals surface area contributed by atoms with Crippen LogP contribution in [-0.4, -0.2) is 10.5 Å². The highest BCUT2D eigenvalue weighted by atomic mass is 16.1. The first-order chi connectivity index (χ1) is 9.41. The number of rotatable bonds is 0. The molecule has 0 aliphatic rings. The zero-order valence-corrected chi connectivity index (χ0v) is 12.4. The number of hydrogen-bond acceptors (Lipinski definition) is 1. The molecule has 0 saturated heterocycles. The van der Waals surface area contributed by atoms with Crippen molar-refractivity contribution in [2.75, 3.05) is 0 Å². The van der Waals surface area contributed by atoms with Gasteiger partial charge in [0.15, 0.2) is 0 Å². The highest BCUT2D eigenvalue weighted by Gasteiger charge is 2.22. The van der Waals surface area contributed by atoms with Crippen LogP contribution in [0.4, 0.5) is 0 Å². The van der Waals surface area contributed by atoms with E-state index in [-0.39, 0.29) is 11.3 Å². The minimum absolute atomic E-state index is 0.00108. The van der Waals surface area contributed by atoms with E-state index in [0.717, 1.165) is 21.8 Å². The van der Waals surface area contributed by atoms with Crippen LogP contribution in [0.5, 0.6) is 0 Å². The fourth-order valence-corrected chi connectivity index (χ4v) is 2.95. The summed E-state index contributed by atoms with van der Waals surface area (Å²) in [5, 5.41) is 2.30. The molecule has 2 heteroatoms. The predicted octanol–water partition coefficient (Wildman–Crippen LogP) is 4.75. The van der Waals surface area contributed by atoms with Gasteiger partial charge in [-0.15, -0.1) is 0 Å². The molecule has 3 aromatic rings. The van der Waals surface area contributed by atoms with E-state index < -0.39 is 0 Å². The summed E-state index contributed by atoms with van der Waals surface area (Å²) in [6.07, 6.45) is 0. The molecule has 1 heterocycles. The molecule has 0 N–H and O–H groups in total. The summed E-state index contributed by atoms with van der Waals surface area (Å²) in [4.78, 5) is 12.2. The Morgan fingerprint density at radius 2 is 1.60 bits per heavy atom. The third-order valence-electron chi connectivity index (χ3n) is 3.82. The lowest BCUT2D eigenvalue weighted by Gasteiger charge is -2.21. The maximum atomic E-state index is 12.2. The largest absolute Gasteiger partial charge is 0.280 e. The molecule has 0 radical (unpaired) electrons. The van der Waals surface area contributed by atoms with Crippen LogP contribution in [0.15, 0.2) is 42.5 Å². The van der Waals surface area contributed by atoms with Gasteiger partial charge >= 0.3 is 0 Å². The average Bonchev–Trinajstić information content (AvgIpc) is 2.71. The van der Waals surface area contributed by atoms with Crippen molar-refractivity contribution >= 4 is 27.7 Å². The van der Waals surface area contributed by atoms with Crippen molar-refractivity contribution in [3.05, 3.63) is 48.0 Å². The van der Waals surface area contributed by atoms with Gasteiger partial charge in [0.05, 0.1) is 11.0 Å². The molecule has 0 bridgehead atoms. The predicted molar refractivity (Wildman–Crippen MR) is 84.4 cm³/mol. The first-order valence-corrected chi connectivity index (χ1v) is 6.95. The highest BCUT2D eigenvalue weighted by molar-refractivity contribution is 6.14. The van der Waals surface area contributed by atoms with Gasteiger partial charge in [-0.3, -0.25) is 9.36 Å². The van der Waals surface area contributed by atoms with E-state index in [1.807, 2.05) is 22.8 Å². The number of carbonyl (C=O) groups excluding carboxylic acids is 1. The van der Waals surface area contributed by atoms with Crippen LogP contribution in [0, 0.1) is 0 Å². The van der Waals surface area contributed by atoms with Gasteiger partial charge in [-0.1, -0.05) is 57.2 Å². The Morgan fingerprint density at radius 3 is 2.25 bits per heavy atom. The fraction of sp³-hybridized carbons (Fsp3) is 0.278. The van der Waals surface area contributed by atoms with Crippen LogP contribution in [0.2, 0.25) is 0 Å². The normalized spacial score (nSPS) is 12.2. The lowest BCUT2D eigenvalue weighted by molar-refractivity contribution is 0.0946. The van der Waals surface area contributed by atoms with E-state index in [1.165, 1.54) is 5.56 Å². The number of fused-ring (bicyclic) bond motifs is 3. The molecule has 0 aliphatic heterocycles. The summed E-state index contributed by atoms with van der Waals surface area (Å²) in [5.41, 5.74) is 3.25. The maximum absolute atomic E-state index is 12.2. The monoisotopic (exact) mass is 265 g/mol. The summed E-state index contributed by atoms with van der Waals surface area (Å²) < 4.78 is 1.85. The minimum Gasteiger partial charge on any atom is -0.280 e. The van der Waals surface area contributed by atoms with Gasteiger partial charge in [0.1, 0.15) is 0 Å². The van der Waals surface area contributed by atoms with Gasteiger partial charge in [-0.25, -0.2) is 0 Å². The first kappa shape index (κ1) is 12.9. The lowest BCUT2D eigenvalue weighted by Crippen LogP contribution is -2.15. The van der Waals surface area contributed by atoms with Crippen molar-refractivity contribution < 1.29 is 4.79 Å². The number of aromatic nitrogens is 1.